The van der Waals surface area contributed by atoms with Gasteiger partial charge in [0.2, 0.25) is 5.06 Å². The lowest BCUT2D eigenvalue weighted by Crippen LogP contribution is -2.02. The van der Waals surface area contributed by atoms with E-state index in [-0.39, 0.29) is 10.9 Å². The summed E-state index contributed by atoms with van der Waals surface area (Å²) < 4.78 is 30.6. The van der Waals surface area contributed by atoms with Crippen LogP contribution in [0.15, 0.2) is 48.7 Å². The number of alkyl halides is 1. The molecule has 0 saturated heterocycles. The maximum Gasteiger partial charge on any atom is 0.282 e. The van der Waals surface area contributed by atoms with Crippen LogP contribution in [0.5, 0.6) is 27.5 Å². The lowest BCUT2D eigenvalue weighted by Gasteiger charge is -2.09. The number of hydrogen-bond donors (Lipinski definition) is 0. The van der Waals surface area contributed by atoms with Gasteiger partial charge in [0.1, 0.15) is 11.5 Å². The summed E-state index contributed by atoms with van der Waals surface area (Å²) in [5, 5.41) is 0.837. The van der Waals surface area contributed by atoms with Gasteiger partial charge in [-0.15, -0.1) is 0 Å². The van der Waals surface area contributed by atoms with Crippen LogP contribution < -0.4 is 14.2 Å². The molecule has 0 spiro atoms. The summed E-state index contributed by atoms with van der Waals surface area (Å²) in [4.78, 5) is 4.11. The van der Waals surface area contributed by atoms with Crippen LogP contribution in [0.2, 0.25) is 0 Å². The van der Waals surface area contributed by atoms with Crippen molar-refractivity contribution in [3.63, 3.8) is 0 Å². The van der Waals surface area contributed by atoms with Gasteiger partial charge in [-0.05, 0) is 54.5 Å². The van der Waals surface area contributed by atoms with E-state index in [0.29, 0.717) is 16.6 Å². The van der Waals surface area contributed by atoms with Crippen LogP contribution in [0.25, 0.3) is 0 Å². The highest BCUT2D eigenvalue weighted by Crippen LogP contribution is 2.35. The molecule has 0 fully saturated rings. The van der Waals surface area contributed by atoms with Gasteiger partial charge < -0.3 is 14.2 Å². The summed E-state index contributed by atoms with van der Waals surface area (Å²) in [6.45, 7) is 3.74. The number of thiazole rings is 1. The molecule has 7 heteroatoms. The summed E-state index contributed by atoms with van der Waals surface area (Å²) in [6, 6.07) is 12.1. The number of ether oxygens (including phenoxy) is 3. The molecule has 0 saturated carbocycles. The van der Waals surface area contributed by atoms with E-state index in [0.717, 1.165) is 6.42 Å². The average Bonchev–Trinajstić information content (AvgIpc) is 3.04. The van der Waals surface area contributed by atoms with E-state index in [4.69, 9.17) is 25.8 Å². The number of benzene rings is 2. The topological polar surface area (TPSA) is 40.6 Å². The molecule has 4 nitrogen and oxygen atoms in total. The fourth-order valence-corrected chi connectivity index (χ4v) is 2.92. The van der Waals surface area contributed by atoms with Crippen molar-refractivity contribution >= 4 is 22.9 Å². The molecule has 2 aromatic carbocycles. The van der Waals surface area contributed by atoms with Crippen molar-refractivity contribution < 1.29 is 18.6 Å². The minimum absolute atomic E-state index is 0.0489. The number of nitrogens with zero attached hydrogens (tertiary/aromatic N) is 1. The van der Waals surface area contributed by atoms with E-state index in [1.807, 2.05) is 24.3 Å². The van der Waals surface area contributed by atoms with Gasteiger partial charge in [0.25, 0.3) is 5.19 Å². The smallest absolute Gasteiger partial charge is 0.282 e. The van der Waals surface area contributed by atoms with Gasteiger partial charge >= 0.3 is 0 Å². The first-order valence-electron chi connectivity index (χ1n) is 8.04. The standard InChI is InChI=1S/C19H17ClFNO3S/c1-3-13-4-6-14(7-5-13)24-18-11-22-19(26-18)25-17-9-8-15(10-16(17)21)23-12(2)20/h4-12H,3H2,1-2H3. The Bertz CT molecular complexity index is 867. The van der Waals surface area contributed by atoms with Crippen LogP contribution >= 0.6 is 22.9 Å². The Morgan fingerprint density at radius 3 is 2.50 bits per heavy atom. The van der Waals surface area contributed by atoms with E-state index in [1.54, 1.807) is 13.0 Å². The predicted octanol–water partition coefficient (Wildman–Crippen LogP) is 6.39. The second-order valence-corrected chi connectivity index (χ2v) is 6.97. The van der Waals surface area contributed by atoms with Gasteiger partial charge in [0, 0.05) is 6.07 Å². The molecule has 136 valence electrons. The average molecular weight is 394 g/mol. The summed E-state index contributed by atoms with van der Waals surface area (Å²) in [5.41, 5.74) is 0.684. The maximum absolute atomic E-state index is 14.1. The van der Waals surface area contributed by atoms with Crippen molar-refractivity contribution in [1.82, 2.24) is 4.98 Å². The quantitative estimate of drug-likeness (QED) is 0.436. The highest BCUT2D eigenvalue weighted by Gasteiger charge is 2.12. The maximum atomic E-state index is 14.1. The fourth-order valence-electron chi connectivity index (χ4n) is 2.17. The molecule has 3 aromatic rings. The van der Waals surface area contributed by atoms with Crippen LogP contribution in [0.3, 0.4) is 0 Å². The third-order valence-corrected chi connectivity index (χ3v) is 4.25. The third kappa shape index (κ3) is 4.86. The molecule has 1 heterocycles. The first-order chi connectivity index (χ1) is 12.5. The van der Waals surface area contributed by atoms with Crippen LogP contribution in [0.4, 0.5) is 4.39 Å². The van der Waals surface area contributed by atoms with Crippen LogP contribution in [0.1, 0.15) is 19.4 Å². The molecule has 0 radical (unpaired) electrons. The molecule has 0 bridgehead atoms. The van der Waals surface area contributed by atoms with E-state index in [2.05, 4.69) is 11.9 Å². The summed E-state index contributed by atoms with van der Waals surface area (Å²) in [5.74, 6) is 0.525. The molecule has 0 N–H and O–H groups in total. The zero-order valence-electron chi connectivity index (χ0n) is 14.2. The molecule has 26 heavy (non-hydrogen) atoms. The predicted molar refractivity (Wildman–Crippen MR) is 100 cm³/mol. The Morgan fingerprint density at radius 2 is 1.85 bits per heavy atom. The number of aryl methyl sites for hydroxylation is 1. The van der Waals surface area contributed by atoms with Gasteiger partial charge in [-0.1, -0.05) is 30.7 Å². The Morgan fingerprint density at radius 1 is 1.12 bits per heavy atom. The molecule has 0 aliphatic rings. The summed E-state index contributed by atoms with van der Waals surface area (Å²) in [7, 11) is 0. The van der Waals surface area contributed by atoms with Crippen molar-refractivity contribution in [3.8, 4) is 27.5 Å². The van der Waals surface area contributed by atoms with E-state index in [9.17, 15) is 4.39 Å². The van der Waals surface area contributed by atoms with Gasteiger partial charge in [-0.25, -0.2) is 9.37 Å². The van der Waals surface area contributed by atoms with Crippen LogP contribution in [-0.4, -0.2) is 10.5 Å². The third-order valence-electron chi connectivity index (χ3n) is 3.41. The summed E-state index contributed by atoms with van der Waals surface area (Å²) >= 11 is 6.90. The monoisotopic (exact) mass is 393 g/mol. The normalized spacial score (nSPS) is 11.8. The first-order valence-corrected chi connectivity index (χ1v) is 9.29. The highest BCUT2D eigenvalue weighted by molar-refractivity contribution is 7.15. The van der Waals surface area contributed by atoms with Gasteiger partial charge in [0.15, 0.2) is 17.1 Å². The second-order valence-electron chi connectivity index (χ2n) is 5.40. The zero-order chi connectivity index (χ0) is 18.5. The molecular formula is C19H17ClFNO3S. The minimum Gasteiger partial charge on any atom is -0.475 e. The molecule has 1 unspecified atom stereocenters. The first kappa shape index (κ1) is 18.5. The van der Waals surface area contributed by atoms with Crippen LogP contribution in [0, 0.1) is 5.82 Å². The number of aromatic nitrogens is 1. The zero-order valence-corrected chi connectivity index (χ0v) is 15.8. The Hall–Kier alpha value is -2.31. The molecule has 3 rings (SSSR count). The molecule has 0 amide bonds. The molecular weight excluding hydrogens is 377 g/mol. The largest absolute Gasteiger partial charge is 0.475 e. The van der Waals surface area contributed by atoms with Crippen molar-refractivity contribution in [1.29, 1.82) is 0 Å². The second kappa shape index (κ2) is 8.38. The fraction of sp³-hybridized carbons (Fsp3) is 0.211. The van der Waals surface area contributed by atoms with Crippen molar-refractivity contribution in [2.24, 2.45) is 0 Å². The van der Waals surface area contributed by atoms with Gasteiger partial charge in [-0.3, -0.25) is 0 Å². The number of halogens is 2. The Labute approximate surface area is 160 Å². The molecule has 1 atom stereocenters. The molecule has 0 aliphatic carbocycles. The van der Waals surface area contributed by atoms with Crippen molar-refractivity contribution in [2.75, 3.05) is 0 Å². The molecule has 1 aromatic heterocycles. The van der Waals surface area contributed by atoms with E-state index >= 15 is 0 Å². The van der Waals surface area contributed by atoms with Crippen molar-refractivity contribution in [2.45, 2.75) is 25.8 Å². The number of hydrogen-bond acceptors (Lipinski definition) is 5. The van der Waals surface area contributed by atoms with Gasteiger partial charge in [-0.2, -0.15) is 0 Å². The van der Waals surface area contributed by atoms with Gasteiger partial charge in [0.05, 0.1) is 6.20 Å². The van der Waals surface area contributed by atoms with Crippen LogP contribution in [-0.2, 0) is 6.42 Å². The van der Waals surface area contributed by atoms with E-state index < -0.39 is 11.4 Å². The number of rotatable bonds is 7. The Balaban J connectivity index is 1.66. The van der Waals surface area contributed by atoms with E-state index in [1.165, 1.54) is 35.2 Å². The highest BCUT2D eigenvalue weighted by atomic mass is 35.5. The molecule has 0 aliphatic heterocycles. The minimum atomic E-state index is -0.562. The summed E-state index contributed by atoms with van der Waals surface area (Å²) in [6.07, 6.45) is 2.51. The lowest BCUT2D eigenvalue weighted by molar-refractivity contribution is 0.298. The SMILES string of the molecule is CCc1ccc(Oc2cnc(Oc3ccc(OC(C)Cl)cc3F)s2)cc1. The Kier molecular flexibility index (Phi) is 5.96. The van der Waals surface area contributed by atoms with Crippen molar-refractivity contribution in [3.05, 3.63) is 60.0 Å². The lowest BCUT2D eigenvalue weighted by atomic mass is 10.2.